The predicted molar refractivity (Wildman–Crippen MR) is 139 cm³/mol. The first-order valence-electron chi connectivity index (χ1n) is 12.4. The van der Waals surface area contributed by atoms with Gasteiger partial charge in [-0.05, 0) is 37.8 Å². The topological polar surface area (TPSA) is 131 Å². The first kappa shape index (κ1) is 25.4. The second-order valence-electron chi connectivity index (χ2n) is 9.83. The average molecular weight is 557 g/mol. The van der Waals surface area contributed by atoms with Gasteiger partial charge in [0.2, 0.25) is 5.95 Å². The highest BCUT2D eigenvalue weighted by Gasteiger charge is 2.34. The summed E-state index contributed by atoms with van der Waals surface area (Å²) in [6.07, 6.45) is 4.67. The number of rotatable bonds is 7. The molecule has 0 amide bonds. The van der Waals surface area contributed by atoms with Crippen molar-refractivity contribution in [2.24, 2.45) is 0 Å². The van der Waals surface area contributed by atoms with E-state index in [-0.39, 0.29) is 11.9 Å². The molecule has 0 spiro atoms. The Morgan fingerprint density at radius 1 is 1.15 bits per heavy atom. The molecule has 2 N–H and O–H groups in total. The fourth-order valence-corrected chi connectivity index (χ4v) is 5.28. The van der Waals surface area contributed by atoms with Crippen LogP contribution in [-0.4, -0.2) is 58.0 Å². The molecule has 1 fully saturated rings. The minimum absolute atomic E-state index is 0.00344. The van der Waals surface area contributed by atoms with E-state index in [0.29, 0.717) is 42.8 Å². The maximum Gasteiger partial charge on any atom is 0.232 e. The number of hydrogen-bond donors (Lipinski definition) is 2. The van der Waals surface area contributed by atoms with Gasteiger partial charge in [-0.3, -0.25) is 5.10 Å². The van der Waals surface area contributed by atoms with Gasteiger partial charge in [-0.25, -0.2) is 27.2 Å². The number of benzene rings is 1. The normalized spacial score (nSPS) is 15.3. The predicted octanol–water partition coefficient (Wildman–Crippen LogP) is 3.97. The van der Waals surface area contributed by atoms with Gasteiger partial charge in [0.1, 0.15) is 35.3 Å². The third kappa shape index (κ3) is 4.85. The standard InChI is InChI=1S/C25H26F2N8O3S/c1-13-8-19(33-32-13)29-24-21(14-4-5-14)22(18-11-35-6-7-38-12-20(35)28-18)30-25(31-24)34(2)23-16(26)9-15(10-17(23)27)39(3,36)37/h8-11,14H,4-7,12H2,1-3H3,(H2,29,30,31,32,33). The Morgan fingerprint density at radius 3 is 2.51 bits per heavy atom. The van der Waals surface area contributed by atoms with E-state index in [4.69, 9.17) is 14.7 Å². The first-order valence-corrected chi connectivity index (χ1v) is 14.3. The van der Waals surface area contributed by atoms with E-state index in [0.717, 1.165) is 53.2 Å². The molecule has 204 valence electrons. The van der Waals surface area contributed by atoms with Crippen molar-refractivity contribution in [3.8, 4) is 11.4 Å². The molecular weight excluding hydrogens is 530 g/mol. The van der Waals surface area contributed by atoms with E-state index in [1.807, 2.05) is 23.8 Å². The highest BCUT2D eigenvalue weighted by Crippen LogP contribution is 2.48. The number of hydrogen-bond acceptors (Lipinski definition) is 9. The zero-order valence-corrected chi connectivity index (χ0v) is 22.3. The van der Waals surface area contributed by atoms with Crippen LogP contribution in [-0.2, 0) is 27.7 Å². The highest BCUT2D eigenvalue weighted by atomic mass is 32.2. The molecule has 4 heterocycles. The van der Waals surface area contributed by atoms with E-state index >= 15 is 8.78 Å². The third-order valence-corrected chi connectivity index (χ3v) is 7.83. The summed E-state index contributed by atoms with van der Waals surface area (Å²) in [5, 5.41) is 10.4. The van der Waals surface area contributed by atoms with Crippen LogP contribution in [0.25, 0.3) is 11.4 Å². The van der Waals surface area contributed by atoms with E-state index < -0.39 is 32.1 Å². The zero-order chi connectivity index (χ0) is 27.5. The Bertz CT molecular complexity index is 1650. The van der Waals surface area contributed by atoms with Gasteiger partial charge in [0.05, 0.1) is 11.5 Å². The van der Waals surface area contributed by atoms with Crippen molar-refractivity contribution in [3.63, 3.8) is 0 Å². The number of aromatic amines is 1. The quantitative estimate of drug-likeness (QED) is 0.347. The number of sulfone groups is 1. The van der Waals surface area contributed by atoms with Crippen molar-refractivity contribution in [3.05, 3.63) is 53.1 Å². The fraction of sp³-hybridized carbons (Fsp3) is 0.360. The van der Waals surface area contributed by atoms with Crippen molar-refractivity contribution in [2.75, 3.05) is 30.1 Å². The second kappa shape index (κ2) is 9.38. The van der Waals surface area contributed by atoms with Crippen LogP contribution < -0.4 is 10.2 Å². The van der Waals surface area contributed by atoms with E-state index in [1.54, 1.807) is 0 Å². The van der Waals surface area contributed by atoms with Crippen LogP contribution in [0.1, 0.15) is 35.8 Å². The van der Waals surface area contributed by atoms with Gasteiger partial charge in [-0.1, -0.05) is 0 Å². The number of anilines is 4. The van der Waals surface area contributed by atoms with Gasteiger partial charge in [0.15, 0.2) is 27.3 Å². The number of nitrogens with one attached hydrogen (secondary N) is 2. The number of fused-ring (bicyclic) bond motifs is 1. The zero-order valence-electron chi connectivity index (χ0n) is 21.5. The Kier molecular flexibility index (Phi) is 6.10. The number of aromatic nitrogens is 6. The number of halogens is 2. The molecule has 1 saturated carbocycles. The van der Waals surface area contributed by atoms with Gasteiger partial charge < -0.3 is 19.5 Å². The number of H-pyrrole nitrogens is 1. The second-order valence-corrected chi connectivity index (χ2v) is 11.8. The summed E-state index contributed by atoms with van der Waals surface area (Å²) in [5.41, 5.74) is 2.35. The average Bonchev–Trinajstić information content (AvgIpc) is 3.49. The molecule has 0 unspecified atom stereocenters. The van der Waals surface area contributed by atoms with Crippen LogP contribution in [0, 0.1) is 18.6 Å². The molecule has 0 saturated heterocycles. The molecule has 0 atom stereocenters. The maximum atomic E-state index is 15.2. The molecule has 0 bridgehead atoms. The van der Waals surface area contributed by atoms with Gasteiger partial charge in [-0.15, -0.1) is 0 Å². The molecule has 1 aliphatic heterocycles. The van der Waals surface area contributed by atoms with Crippen LogP contribution in [0.15, 0.2) is 29.3 Å². The number of nitrogens with zero attached hydrogens (tertiary/aromatic N) is 6. The molecule has 39 heavy (non-hydrogen) atoms. The highest BCUT2D eigenvalue weighted by molar-refractivity contribution is 7.90. The van der Waals surface area contributed by atoms with Crippen molar-refractivity contribution in [1.29, 1.82) is 0 Å². The first-order chi connectivity index (χ1) is 18.6. The summed E-state index contributed by atoms with van der Waals surface area (Å²) < 4.78 is 61.7. The summed E-state index contributed by atoms with van der Waals surface area (Å²) in [6.45, 7) is 3.47. The Labute approximate surface area is 223 Å². The van der Waals surface area contributed by atoms with Crippen LogP contribution in [0.5, 0.6) is 0 Å². The van der Waals surface area contributed by atoms with Crippen LogP contribution >= 0.6 is 0 Å². The molecule has 0 radical (unpaired) electrons. The lowest BCUT2D eigenvalue weighted by molar-refractivity contribution is 0.0816. The molecule has 3 aromatic heterocycles. The molecular formula is C25H26F2N8O3S. The lowest BCUT2D eigenvalue weighted by Crippen LogP contribution is -2.19. The summed E-state index contributed by atoms with van der Waals surface area (Å²) >= 11 is 0. The van der Waals surface area contributed by atoms with Crippen LogP contribution in [0.2, 0.25) is 0 Å². The van der Waals surface area contributed by atoms with Crippen LogP contribution in [0.3, 0.4) is 0 Å². The van der Waals surface area contributed by atoms with Gasteiger partial charge >= 0.3 is 0 Å². The molecule has 1 aromatic carbocycles. The molecule has 14 heteroatoms. The summed E-state index contributed by atoms with van der Waals surface area (Å²) in [4.78, 5) is 14.9. The number of aryl methyl sites for hydroxylation is 1. The maximum absolute atomic E-state index is 15.2. The lowest BCUT2D eigenvalue weighted by Gasteiger charge is -2.22. The molecule has 1 aliphatic carbocycles. The molecule has 4 aromatic rings. The number of imidazole rings is 1. The van der Waals surface area contributed by atoms with E-state index in [9.17, 15) is 8.42 Å². The van der Waals surface area contributed by atoms with Gasteiger partial charge in [-0.2, -0.15) is 10.1 Å². The SMILES string of the molecule is Cc1cc(Nc2nc(N(C)c3c(F)cc(S(C)(=O)=O)cc3F)nc(-c3cn4c(n3)COCC4)c2C2CC2)n[nH]1. The van der Waals surface area contributed by atoms with Crippen molar-refractivity contribution in [1.82, 2.24) is 29.7 Å². The third-order valence-electron chi connectivity index (χ3n) is 6.74. The van der Waals surface area contributed by atoms with Crippen molar-refractivity contribution < 1.29 is 21.9 Å². The lowest BCUT2D eigenvalue weighted by atomic mass is 10.1. The minimum Gasteiger partial charge on any atom is -0.372 e. The summed E-state index contributed by atoms with van der Waals surface area (Å²) in [6, 6.07) is 3.40. The monoisotopic (exact) mass is 556 g/mol. The van der Waals surface area contributed by atoms with E-state index in [2.05, 4.69) is 20.5 Å². The Hall–Kier alpha value is -3.91. The van der Waals surface area contributed by atoms with Crippen molar-refractivity contribution in [2.45, 2.75) is 43.7 Å². The Morgan fingerprint density at radius 2 is 1.90 bits per heavy atom. The molecule has 2 aliphatic rings. The van der Waals surface area contributed by atoms with Gasteiger partial charge in [0.25, 0.3) is 0 Å². The smallest absolute Gasteiger partial charge is 0.232 e. The summed E-state index contributed by atoms with van der Waals surface area (Å²) in [7, 11) is -2.39. The Balaban J connectivity index is 1.52. The van der Waals surface area contributed by atoms with E-state index in [1.165, 1.54) is 7.05 Å². The number of ether oxygens (including phenoxy) is 1. The van der Waals surface area contributed by atoms with Crippen molar-refractivity contribution >= 4 is 33.1 Å². The molecule has 11 nitrogen and oxygen atoms in total. The molecule has 6 rings (SSSR count). The largest absolute Gasteiger partial charge is 0.372 e. The minimum atomic E-state index is -3.82. The fourth-order valence-electron chi connectivity index (χ4n) is 4.64. The summed E-state index contributed by atoms with van der Waals surface area (Å²) in [5.74, 6) is -0.192. The van der Waals surface area contributed by atoms with Crippen LogP contribution in [0.4, 0.5) is 32.1 Å². The van der Waals surface area contributed by atoms with Gasteiger partial charge in [0, 0.05) is 43.4 Å².